The smallest absolute Gasteiger partial charge is 0.154 e. The van der Waals surface area contributed by atoms with Crippen LogP contribution in [0.4, 0.5) is 0 Å². The molecule has 0 atom stereocenters. The van der Waals surface area contributed by atoms with E-state index in [1.165, 1.54) is 11.8 Å². The molecule has 0 unspecified atom stereocenters. The quantitative estimate of drug-likeness (QED) is 0.667. The Kier molecular flexibility index (Phi) is 6.17. The second kappa shape index (κ2) is 7.14. The minimum absolute atomic E-state index is 0.527. The van der Waals surface area contributed by atoms with Gasteiger partial charge in [-0.1, -0.05) is 54.9 Å². The Labute approximate surface area is 117 Å². The minimum atomic E-state index is 0.527. The fourth-order valence-electron chi connectivity index (χ4n) is 1.10. The van der Waals surface area contributed by atoms with Gasteiger partial charge in [0.25, 0.3) is 0 Å². The first kappa shape index (κ1) is 14.7. The Balaban J connectivity index is 2.50. The van der Waals surface area contributed by atoms with Crippen LogP contribution in [0.1, 0.15) is 19.4 Å². The second-order valence-corrected chi connectivity index (χ2v) is 5.92. The Hall–Kier alpha value is -0.380. The number of benzene rings is 1. The van der Waals surface area contributed by atoms with Crippen molar-refractivity contribution in [3.63, 3.8) is 0 Å². The summed E-state index contributed by atoms with van der Waals surface area (Å²) in [7, 11) is 0. The summed E-state index contributed by atoms with van der Waals surface area (Å²) in [5, 5.41) is 1.76. The molecule has 2 nitrogen and oxygen atoms in total. The third kappa shape index (κ3) is 5.66. The average molecular weight is 291 g/mol. The van der Waals surface area contributed by atoms with Gasteiger partial charge < -0.3 is 5.73 Å². The standard InChI is InChI=1S/C12H16Cl2N2S/c1-8(2)6-16-12(15)17-7-9-3-4-10(13)11(14)5-9/h3-5,8H,6-7H2,1-2H3,(H2,15,16). The van der Waals surface area contributed by atoms with Crippen LogP contribution in [0.2, 0.25) is 10.0 Å². The van der Waals surface area contributed by atoms with E-state index in [4.69, 9.17) is 28.9 Å². The number of amidine groups is 1. The van der Waals surface area contributed by atoms with E-state index < -0.39 is 0 Å². The molecule has 0 bridgehead atoms. The summed E-state index contributed by atoms with van der Waals surface area (Å²) in [5.74, 6) is 1.28. The summed E-state index contributed by atoms with van der Waals surface area (Å²) in [5.41, 5.74) is 6.88. The van der Waals surface area contributed by atoms with Crippen molar-refractivity contribution >= 4 is 40.1 Å². The van der Waals surface area contributed by atoms with Crippen LogP contribution in [0.5, 0.6) is 0 Å². The van der Waals surface area contributed by atoms with Crippen LogP contribution in [0.15, 0.2) is 23.2 Å². The molecule has 0 aliphatic rings. The van der Waals surface area contributed by atoms with Crippen molar-refractivity contribution < 1.29 is 0 Å². The van der Waals surface area contributed by atoms with E-state index in [0.29, 0.717) is 21.1 Å². The summed E-state index contributed by atoms with van der Waals surface area (Å²) in [4.78, 5) is 4.28. The molecule has 0 amide bonds. The van der Waals surface area contributed by atoms with Crippen LogP contribution in [0.25, 0.3) is 0 Å². The van der Waals surface area contributed by atoms with Gasteiger partial charge in [-0.2, -0.15) is 0 Å². The number of thioether (sulfide) groups is 1. The molecule has 0 aliphatic carbocycles. The molecule has 1 rings (SSSR count). The molecule has 0 spiro atoms. The highest BCUT2D eigenvalue weighted by Gasteiger charge is 2.01. The molecule has 0 aromatic heterocycles. The Morgan fingerprint density at radius 3 is 2.65 bits per heavy atom. The molecule has 0 fully saturated rings. The van der Waals surface area contributed by atoms with Gasteiger partial charge in [-0.25, -0.2) is 0 Å². The van der Waals surface area contributed by atoms with E-state index in [2.05, 4.69) is 18.8 Å². The maximum Gasteiger partial charge on any atom is 0.154 e. The number of halogens is 2. The number of aliphatic imine (C=N–C) groups is 1. The highest BCUT2D eigenvalue weighted by Crippen LogP contribution is 2.24. The lowest BCUT2D eigenvalue weighted by Crippen LogP contribution is -2.09. The van der Waals surface area contributed by atoms with Crippen LogP contribution in [0, 0.1) is 5.92 Å². The normalized spacial score (nSPS) is 12.2. The molecule has 94 valence electrons. The number of nitrogens with two attached hydrogens (primary N) is 1. The maximum absolute atomic E-state index is 5.93. The number of hydrogen-bond acceptors (Lipinski definition) is 2. The van der Waals surface area contributed by atoms with Crippen LogP contribution < -0.4 is 5.73 Å². The molecule has 0 heterocycles. The Bertz CT molecular complexity index is 405. The first-order chi connectivity index (χ1) is 7.99. The fourth-order valence-corrected chi connectivity index (χ4v) is 2.09. The minimum Gasteiger partial charge on any atom is -0.379 e. The fraction of sp³-hybridized carbons (Fsp3) is 0.417. The van der Waals surface area contributed by atoms with Gasteiger partial charge in [-0.3, -0.25) is 4.99 Å². The van der Waals surface area contributed by atoms with Crippen molar-refractivity contribution in [2.75, 3.05) is 6.54 Å². The SMILES string of the molecule is CC(C)CN=C(N)SCc1ccc(Cl)c(Cl)c1. The highest BCUT2D eigenvalue weighted by molar-refractivity contribution is 8.13. The third-order valence-electron chi connectivity index (χ3n) is 1.98. The highest BCUT2D eigenvalue weighted by atomic mass is 35.5. The van der Waals surface area contributed by atoms with Gasteiger partial charge in [0.2, 0.25) is 0 Å². The summed E-state index contributed by atoms with van der Waals surface area (Å²) in [6.45, 7) is 4.99. The summed E-state index contributed by atoms with van der Waals surface area (Å²) >= 11 is 13.3. The van der Waals surface area contributed by atoms with Crippen molar-refractivity contribution in [2.24, 2.45) is 16.6 Å². The van der Waals surface area contributed by atoms with E-state index in [1.807, 2.05) is 12.1 Å². The van der Waals surface area contributed by atoms with Crippen molar-refractivity contribution in [3.8, 4) is 0 Å². The summed E-state index contributed by atoms with van der Waals surface area (Å²) in [6, 6.07) is 5.59. The van der Waals surface area contributed by atoms with Gasteiger partial charge in [-0.15, -0.1) is 0 Å². The molecule has 1 aromatic rings. The largest absolute Gasteiger partial charge is 0.379 e. The van der Waals surface area contributed by atoms with Crippen molar-refractivity contribution in [1.29, 1.82) is 0 Å². The predicted octanol–water partition coefficient (Wildman–Crippen LogP) is 4.20. The van der Waals surface area contributed by atoms with E-state index in [-0.39, 0.29) is 0 Å². The van der Waals surface area contributed by atoms with Crippen molar-refractivity contribution in [3.05, 3.63) is 33.8 Å². The second-order valence-electron chi connectivity index (χ2n) is 4.11. The van der Waals surface area contributed by atoms with E-state index in [1.54, 1.807) is 6.07 Å². The Morgan fingerprint density at radius 1 is 1.35 bits per heavy atom. The van der Waals surface area contributed by atoms with E-state index >= 15 is 0 Å². The zero-order chi connectivity index (χ0) is 12.8. The zero-order valence-corrected chi connectivity index (χ0v) is 12.2. The van der Waals surface area contributed by atoms with Crippen molar-refractivity contribution in [2.45, 2.75) is 19.6 Å². The van der Waals surface area contributed by atoms with E-state index in [0.717, 1.165) is 17.9 Å². The first-order valence-electron chi connectivity index (χ1n) is 5.35. The van der Waals surface area contributed by atoms with Gasteiger partial charge in [0.05, 0.1) is 10.0 Å². The molecule has 1 aromatic carbocycles. The molecular weight excluding hydrogens is 275 g/mol. The first-order valence-corrected chi connectivity index (χ1v) is 7.10. The van der Waals surface area contributed by atoms with Crippen LogP contribution in [0.3, 0.4) is 0 Å². The predicted molar refractivity (Wildman–Crippen MR) is 79.1 cm³/mol. The van der Waals surface area contributed by atoms with Gasteiger partial charge >= 0.3 is 0 Å². The summed E-state index contributed by atoms with van der Waals surface area (Å²) < 4.78 is 0. The van der Waals surface area contributed by atoms with E-state index in [9.17, 15) is 0 Å². The van der Waals surface area contributed by atoms with Gasteiger partial charge in [0.1, 0.15) is 0 Å². The molecule has 5 heteroatoms. The van der Waals surface area contributed by atoms with Crippen LogP contribution >= 0.6 is 35.0 Å². The topological polar surface area (TPSA) is 38.4 Å². The average Bonchev–Trinajstić information content (AvgIpc) is 2.28. The number of hydrogen-bond donors (Lipinski definition) is 1. The molecule has 0 saturated carbocycles. The molecule has 0 radical (unpaired) electrons. The zero-order valence-electron chi connectivity index (χ0n) is 9.91. The molecule has 0 saturated heterocycles. The Morgan fingerprint density at radius 2 is 2.06 bits per heavy atom. The maximum atomic E-state index is 5.93. The lowest BCUT2D eigenvalue weighted by molar-refractivity contribution is 0.666. The lowest BCUT2D eigenvalue weighted by Gasteiger charge is -2.04. The third-order valence-corrected chi connectivity index (χ3v) is 3.62. The van der Waals surface area contributed by atoms with Gasteiger partial charge in [-0.05, 0) is 23.6 Å². The number of rotatable bonds is 4. The van der Waals surface area contributed by atoms with Gasteiger partial charge in [0.15, 0.2) is 5.17 Å². The van der Waals surface area contributed by atoms with Crippen LogP contribution in [-0.4, -0.2) is 11.7 Å². The molecular formula is C12H16Cl2N2S. The molecule has 2 N–H and O–H groups in total. The summed E-state index contributed by atoms with van der Waals surface area (Å²) in [6.07, 6.45) is 0. The van der Waals surface area contributed by atoms with Crippen molar-refractivity contribution in [1.82, 2.24) is 0 Å². The molecule has 17 heavy (non-hydrogen) atoms. The van der Waals surface area contributed by atoms with Crippen LogP contribution in [-0.2, 0) is 5.75 Å². The monoisotopic (exact) mass is 290 g/mol. The molecule has 0 aliphatic heterocycles. The lowest BCUT2D eigenvalue weighted by atomic mass is 10.2. The van der Waals surface area contributed by atoms with Gasteiger partial charge in [0, 0.05) is 12.3 Å². The number of nitrogens with zero attached hydrogens (tertiary/aromatic N) is 1.